The molecule has 0 atom stereocenters. The zero-order valence-electron chi connectivity index (χ0n) is 8.22. The third-order valence-electron chi connectivity index (χ3n) is 1.84. The second-order valence-electron chi connectivity index (χ2n) is 2.91. The minimum atomic E-state index is -0.314. The summed E-state index contributed by atoms with van der Waals surface area (Å²) in [6, 6.07) is 3.34. The van der Waals surface area contributed by atoms with Crippen LogP contribution >= 0.6 is 27.5 Å². The molecule has 0 amide bonds. The van der Waals surface area contributed by atoms with Crippen molar-refractivity contribution in [3.05, 3.63) is 27.2 Å². The van der Waals surface area contributed by atoms with Gasteiger partial charge in [-0.2, -0.15) is 0 Å². The molecule has 0 bridgehead atoms. The third-order valence-corrected chi connectivity index (χ3v) is 3.13. The second kappa shape index (κ2) is 5.37. The number of esters is 1. The normalized spacial score (nSPS) is 10.1. The molecule has 0 aromatic heterocycles. The number of carbonyl (C=O) groups excluding carboxylic acids is 1. The number of nitrogens with two attached hydrogens (primary N) is 1. The molecular formula is C10H11BrClNO2. The predicted molar refractivity (Wildman–Crippen MR) is 63.9 cm³/mol. The second-order valence-corrected chi connectivity index (χ2v) is 4.11. The van der Waals surface area contributed by atoms with Crippen LogP contribution in [0.2, 0.25) is 5.02 Å². The van der Waals surface area contributed by atoms with Crippen LogP contribution in [0, 0.1) is 0 Å². The van der Waals surface area contributed by atoms with Gasteiger partial charge in [-0.1, -0.05) is 11.6 Å². The van der Waals surface area contributed by atoms with Crippen LogP contribution in [0.5, 0.6) is 0 Å². The molecule has 3 nitrogen and oxygen atoms in total. The summed E-state index contributed by atoms with van der Waals surface area (Å²) in [5.74, 6) is -0.314. The number of nitrogen functional groups attached to an aromatic ring is 1. The van der Waals surface area contributed by atoms with Gasteiger partial charge in [0.05, 0.1) is 13.0 Å². The zero-order chi connectivity index (χ0) is 11.4. The van der Waals surface area contributed by atoms with Gasteiger partial charge < -0.3 is 10.5 Å². The molecule has 0 radical (unpaired) electrons. The first kappa shape index (κ1) is 12.3. The Morgan fingerprint density at radius 1 is 1.60 bits per heavy atom. The molecule has 0 saturated carbocycles. The molecule has 2 N–H and O–H groups in total. The van der Waals surface area contributed by atoms with Crippen molar-refractivity contribution < 1.29 is 9.53 Å². The van der Waals surface area contributed by atoms with E-state index in [1.807, 2.05) is 0 Å². The molecule has 1 aromatic carbocycles. The van der Waals surface area contributed by atoms with Gasteiger partial charge in [0.1, 0.15) is 0 Å². The molecule has 0 fully saturated rings. The Morgan fingerprint density at radius 3 is 2.87 bits per heavy atom. The quantitative estimate of drug-likeness (QED) is 0.688. The van der Waals surface area contributed by atoms with E-state index < -0.39 is 0 Å². The van der Waals surface area contributed by atoms with Crippen molar-refractivity contribution in [3.63, 3.8) is 0 Å². The lowest BCUT2D eigenvalue weighted by Crippen LogP contribution is -2.09. The van der Waals surface area contributed by atoms with Crippen molar-refractivity contribution in [2.24, 2.45) is 0 Å². The number of halogens is 2. The van der Waals surface area contributed by atoms with E-state index in [1.165, 1.54) is 0 Å². The minimum Gasteiger partial charge on any atom is -0.466 e. The Balaban J connectivity index is 2.93. The Kier molecular flexibility index (Phi) is 4.42. The SMILES string of the molecule is CCOC(=O)Cc1c(Cl)ccc(N)c1Br. The summed E-state index contributed by atoms with van der Waals surface area (Å²) >= 11 is 9.25. The molecule has 0 heterocycles. The van der Waals surface area contributed by atoms with Crippen molar-refractivity contribution in [2.45, 2.75) is 13.3 Å². The van der Waals surface area contributed by atoms with Crippen LogP contribution < -0.4 is 5.73 Å². The van der Waals surface area contributed by atoms with E-state index in [9.17, 15) is 4.79 Å². The third kappa shape index (κ3) is 3.11. The van der Waals surface area contributed by atoms with E-state index >= 15 is 0 Å². The number of hydrogen-bond acceptors (Lipinski definition) is 3. The first-order valence-corrected chi connectivity index (χ1v) is 5.61. The highest BCUT2D eigenvalue weighted by atomic mass is 79.9. The maximum atomic E-state index is 11.3. The van der Waals surface area contributed by atoms with Crippen molar-refractivity contribution in [3.8, 4) is 0 Å². The average Bonchev–Trinajstić information content (AvgIpc) is 2.19. The Hall–Kier alpha value is -0.740. The van der Waals surface area contributed by atoms with Crippen LogP contribution in [0.25, 0.3) is 0 Å². The van der Waals surface area contributed by atoms with Gasteiger partial charge in [0.25, 0.3) is 0 Å². The van der Waals surface area contributed by atoms with Crippen molar-refractivity contribution in [2.75, 3.05) is 12.3 Å². The first-order valence-electron chi connectivity index (χ1n) is 4.44. The number of ether oxygens (including phenoxy) is 1. The number of hydrogen-bond donors (Lipinski definition) is 1. The van der Waals surface area contributed by atoms with Gasteiger partial charge in [0.2, 0.25) is 0 Å². The largest absolute Gasteiger partial charge is 0.466 e. The van der Waals surface area contributed by atoms with Crippen LogP contribution in [0.4, 0.5) is 5.69 Å². The molecular weight excluding hydrogens is 281 g/mol. The lowest BCUT2D eigenvalue weighted by molar-refractivity contribution is -0.142. The lowest BCUT2D eigenvalue weighted by atomic mass is 10.1. The van der Waals surface area contributed by atoms with Crippen LogP contribution in [0.15, 0.2) is 16.6 Å². The average molecular weight is 293 g/mol. The molecule has 0 aliphatic heterocycles. The monoisotopic (exact) mass is 291 g/mol. The van der Waals surface area contributed by atoms with Crippen molar-refractivity contribution in [1.29, 1.82) is 0 Å². The topological polar surface area (TPSA) is 52.3 Å². The molecule has 82 valence electrons. The smallest absolute Gasteiger partial charge is 0.310 e. The molecule has 5 heteroatoms. The fourth-order valence-corrected chi connectivity index (χ4v) is 1.96. The van der Waals surface area contributed by atoms with Crippen LogP contribution in [0.1, 0.15) is 12.5 Å². The Morgan fingerprint density at radius 2 is 2.27 bits per heavy atom. The standard InChI is InChI=1S/C10H11BrClNO2/c1-2-15-9(14)5-6-7(12)3-4-8(13)10(6)11/h3-4H,2,5,13H2,1H3. The summed E-state index contributed by atoms with van der Waals surface area (Å²) in [5, 5.41) is 0.504. The number of rotatable bonds is 3. The molecule has 1 aromatic rings. The van der Waals surface area contributed by atoms with E-state index in [-0.39, 0.29) is 12.4 Å². The maximum Gasteiger partial charge on any atom is 0.310 e. The van der Waals surface area contributed by atoms with Gasteiger partial charge >= 0.3 is 5.97 Å². The first-order chi connectivity index (χ1) is 7.06. The fourth-order valence-electron chi connectivity index (χ4n) is 1.13. The maximum absolute atomic E-state index is 11.3. The summed E-state index contributed by atoms with van der Waals surface area (Å²) in [6.45, 7) is 2.12. The number of carbonyl (C=O) groups is 1. The molecule has 15 heavy (non-hydrogen) atoms. The van der Waals surface area contributed by atoms with Gasteiger partial charge in [-0.3, -0.25) is 4.79 Å². The highest BCUT2D eigenvalue weighted by Gasteiger charge is 2.13. The van der Waals surface area contributed by atoms with Crippen molar-refractivity contribution >= 4 is 39.2 Å². The summed E-state index contributed by atoms with van der Waals surface area (Å²) in [4.78, 5) is 11.3. The zero-order valence-corrected chi connectivity index (χ0v) is 10.6. The van der Waals surface area contributed by atoms with Gasteiger partial charge in [0, 0.05) is 15.2 Å². The Bertz CT molecular complexity index is 382. The molecule has 0 unspecified atom stereocenters. The van der Waals surface area contributed by atoms with Crippen LogP contribution in [0.3, 0.4) is 0 Å². The summed E-state index contributed by atoms with van der Waals surface area (Å²) in [5.41, 5.74) is 6.90. The van der Waals surface area contributed by atoms with Gasteiger partial charge in [-0.05, 0) is 40.5 Å². The van der Waals surface area contributed by atoms with Crippen molar-refractivity contribution in [1.82, 2.24) is 0 Å². The van der Waals surface area contributed by atoms with Gasteiger partial charge in [0.15, 0.2) is 0 Å². The highest BCUT2D eigenvalue weighted by Crippen LogP contribution is 2.30. The van der Waals surface area contributed by atoms with Crippen LogP contribution in [-0.4, -0.2) is 12.6 Å². The van der Waals surface area contributed by atoms with Gasteiger partial charge in [-0.15, -0.1) is 0 Å². The van der Waals surface area contributed by atoms with E-state index in [4.69, 9.17) is 22.1 Å². The van der Waals surface area contributed by atoms with E-state index in [1.54, 1.807) is 19.1 Å². The number of anilines is 1. The van der Waals surface area contributed by atoms with E-state index in [2.05, 4.69) is 15.9 Å². The van der Waals surface area contributed by atoms with Gasteiger partial charge in [-0.25, -0.2) is 0 Å². The van der Waals surface area contributed by atoms with Crippen LogP contribution in [-0.2, 0) is 16.0 Å². The lowest BCUT2D eigenvalue weighted by Gasteiger charge is -2.08. The highest BCUT2D eigenvalue weighted by molar-refractivity contribution is 9.10. The molecule has 0 aliphatic carbocycles. The molecule has 1 rings (SSSR count). The predicted octanol–water partition coefficient (Wildman–Crippen LogP) is 2.79. The fraction of sp³-hybridized carbons (Fsp3) is 0.300. The summed E-state index contributed by atoms with van der Waals surface area (Å²) in [7, 11) is 0. The summed E-state index contributed by atoms with van der Waals surface area (Å²) < 4.78 is 5.49. The van der Waals surface area contributed by atoms with E-state index in [0.717, 1.165) is 0 Å². The number of benzene rings is 1. The molecule has 0 saturated heterocycles. The molecule has 0 spiro atoms. The summed E-state index contributed by atoms with van der Waals surface area (Å²) in [6.07, 6.45) is 0.123. The molecule has 0 aliphatic rings. The Labute approximate surface area is 102 Å². The minimum absolute atomic E-state index is 0.123. The van der Waals surface area contributed by atoms with E-state index in [0.29, 0.717) is 27.4 Å².